The first-order chi connectivity index (χ1) is 9.16. The maximum atomic E-state index is 13.3. The molecule has 0 aromatic heterocycles. The van der Waals surface area contributed by atoms with Crippen LogP contribution in [0.1, 0.15) is 11.1 Å². The van der Waals surface area contributed by atoms with Crippen molar-refractivity contribution in [1.29, 1.82) is 0 Å². The maximum Gasteiger partial charge on any atom is 0.488 e. The van der Waals surface area contributed by atoms with Crippen molar-refractivity contribution in [2.75, 3.05) is 0 Å². The quantitative estimate of drug-likeness (QED) is 0.795. The van der Waals surface area contributed by atoms with Crippen LogP contribution in [0.2, 0.25) is 0 Å². The number of rotatable bonds is 5. The number of hydrogen-bond acceptors (Lipinski definition) is 3. The van der Waals surface area contributed by atoms with Crippen LogP contribution in [0.25, 0.3) is 0 Å². The minimum absolute atomic E-state index is 0.179. The summed E-state index contributed by atoms with van der Waals surface area (Å²) in [5.74, 6) is -0.290. The fourth-order valence-corrected chi connectivity index (χ4v) is 1.74. The zero-order chi connectivity index (χ0) is 13.7. The Kier molecular flexibility index (Phi) is 4.68. The van der Waals surface area contributed by atoms with E-state index in [2.05, 4.69) is 0 Å². The summed E-state index contributed by atoms with van der Waals surface area (Å²) in [5, 5.41) is 18.1. The normalized spacial score (nSPS) is 10.5. The third-order valence-corrected chi connectivity index (χ3v) is 2.73. The molecule has 0 aliphatic rings. The largest absolute Gasteiger partial charge is 0.488 e. The number of benzene rings is 2. The molecule has 2 rings (SSSR count). The summed E-state index contributed by atoms with van der Waals surface area (Å²) in [5.41, 5.74) is 1.72. The molecule has 0 amide bonds. The van der Waals surface area contributed by atoms with E-state index in [0.29, 0.717) is 11.0 Å². The average Bonchev–Trinajstić information content (AvgIpc) is 2.41. The predicted molar refractivity (Wildman–Crippen MR) is 71.2 cm³/mol. The second kappa shape index (κ2) is 6.47. The summed E-state index contributed by atoms with van der Waals surface area (Å²) in [6.45, 7) is 0.466. The van der Waals surface area contributed by atoms with Crippen LogP contribution in [0.5, 0.6) is 0 Å². The highest BCUT2D eigenvalue weighted by Gasteiger charge is 2.10. The van der Waals surface area contributed by atoms with Crippen LogP contribution in [0.4, 0.5) is 4.39 Å². The Morgan fingerprint density at radius 1 is 1.00 bits per heavy atom. The molecular weight excluding hydrogens is 246 g/mol. The van der Waals surface area contributed by atoms with Crippen LogP contribution < -0.4 is 5.46 Å². The van der Waals surface area contributed by atoms with Gasteiger partial charge in [0.2, 0.25) is 0 Å². The second-order valence-electron chi connectivity index (χ2n) is 4.20. The van der Waals surface area contributed by atoms with Gasteiger partial charge in [-0.05, 0) is 17.1 Å². The molecular formula is C14H14BFO3. The van der Waals surface area contributed by atoms with Gasteiger partial charge >= 0.3 is 7.12 Å². The van der Waals surface area contributed by atoms with Crippen LogP contribution in [-0.4, -0.2) is 17.2 Å². The predicted octanol–water partition coefficient (Wildman–Crippen LogP) is 1.22. The van der Waals surface area contributed by atoms with Crippen molar-refractivity contribution >= 4 is 12.6 Å². The lowest BCUT2D eigenvalue weighted by Gasteiger charge is -2.07. The van der Waals surface area contributed by atoms with Crippen molar-refractivity contribution in [3.63, 3.8) is 0 Å². The van der Waals surface area contributed by atoms with Gasteiger partial charge in [-0.25, -0.2) is 4.39 Å². The van der Waals surface area contributed by atoms with Gasteiger partial charge in [0.05, 0.1) is 13.2 Å². The molecule has 2 aromatic rings. The fourth-order valence-electron chi connectivity index (χ4n) is 1.74. The van der Waals surface area contributed by atoms with Crippen LogP contribution in [0.3, 0.4) is 0 Å². The van der Waals surface area contributed by atoms with Crippen molar-refractivity contribution in [3.8, 4) is 0 Å². The molecule has 2 aromatic carbocycles. The van der Waals surface area contributed by atoms with Gasteiger partial charge in [-0.3, -0.25) is 0 Å². The van der Waals surface area contributed by atoms with E-state index in [-0.39, 0.29) is 19.0 Å². The fraction of sp³-hybridized carbons (Fsp3) is 0.143. The van der Waals surface area contributed by atoms with Gasteiger partial charge in [0.25, 0.3) is 0 Å². The molecule has 0 unspecified atom stereocenters. The molecule has 3 nitrogen and oxygen atoms in total. The van der Waals surface area contributed by atoms with Crippen LogP contribution in [0, 0.1) is 5.82 Å². The summed E-state index contributed by atoms with van der Waals surface area (Å²) >= 11 is 0. The molecule has 0 radical (unpaired) electrons. The summed E-state index contributed by atoms with van der Waals surface area (Å²) in [7, 11) is -1.49. The van der Waals surface area contributed by atoms with Crippen LogP contribution in [0.15, 0.2) is 48.5 Å². The van der Waals surface area contributed by atoms with Gasteiger partial charge in [0.15, 0.2) is 0 Å². The minimum Gasteiger partial charge on any atom is -0.423 e. The maximum absolute atomic E-state index is 13.3. The standard InChI is InChI=1S/C14H14BFO3/c16-14-7-2-1-5-12(14)10-19-9-11-4-3-6-13(8-11)15(17)18/h1-8,17-18H,9-10H2. The van der Waals surface area contributed by atoms with E-state index in [9.17, 15) is 4.39 Å². The van der Waals surface area contributed by atoms with E-state index in [4.69, 9.17) is 14.8 Å². The third-order valence-electron chi connectivity index (χ3n) is 2.73. The summed E-state index contributed by atoms with van der Waals surface area (Å²) in [4.78, 5) is 0. The molecule has 98 valence electrons. The monoisotopic (exact) mass is 260 g/mol. The highest BCUT2D eigenvalue weighted by Crippen LogP contribution is 2.09. The van der Waals surface area contributed by atoms with Gasteiger partial charge in [0.1, 0.15) is 5.82 Å². The Labute approximate surface area is 111 Å². The van der Waals surface area contributed by atoms with Gasteiger partial charge in [-0.2, -0.15) is 0 Å². The summed E-state index contributed by atoms with van der Waals surface area (Å²) < 4.78 is 18.8. The van der Waals surface area contributed by atoms with E-state index < -0.39 is 7.12 Å². The van der Waals surface area contributed by atoms with E-state index in [0.717, 1.165) is 5.56 Å². The summed E-state index contributed by atoms with van der Waals surface area (Å²) in [6.07, 6.45) is 0. The lowest BCUT2D eigenvalue weighted by Crippen LogP contribution is -2.29. The molecule has 0 saturated heterocycles. The number of ether oxygens (including phenoxy) is 1. The Hall–Kier alpha value is -1.69. The number of halogens is 1. The second-order valence-corrected chi connectivity index (χ2v) is 4.20. The highest BCUT2D eigenvalue weighted by molar-refractivity contribution is 6.58. The first kappa shape index (κ1) is 13.7. The van der Waals surface area contributed by atoms with Gasteiger partial charge in [-0.1, -0.05) is 42.5 Å². The van der Waals surface area contributed by atoms with Crippen LogP contribution >= 0.6 is 0 Å². The highest BCUT2D eigenvalue weighted by atomic mass is 19.1. The lowest BCUT2D eigenvalue weighted by atomic mass is 9.80. The molecule has 0 spiro atoms. The van der Waals surface area contributed by atoms with Crippen LogP contribution in [-0.2, 0) is 18.0 Å². The Morgan fingerprint density at radius 3 is 2.53 bits per heavy atom. The smallest absolute Gasteiger partial charge is 0.423 e. The molecule has 0 atom stereocenters. The van der Waals surface area contributed by atoms with E-state index in [1.165, 1.54) is 6.07 Å². The topological polar surface area (TPSA) is 49.7 Å². The Bertz CT molecular complexity index is 546. The Balaban J connectivity index is 1.93. The van der Waals surface area contributed by atoms with Gasteiger partial charge in [0, 0.05) is 5.56 Å². The molecule has 19 heavy (non-hydrogen) atoms. The molecule has 0 heterocycles. The molecule has 0 aliphatic carbocycles. The zero-order valence-corrected chi connectivity index (χ0v) is 10.3. The molecule has 2 N–H and O–H groups in total. The SMILES string of the molecule is OB(O)c1cccc(COCc2ccccc2F)c1. The van der Waals surface area contributed by atoms with Gasteiger partial charge in [-0.15, -0.1) is 0 Å². The van der Waals surface area contributed by atoms with Crippen molar-refractivity contribution in [2.24, 2.45) is 0 Å². The lowest BCUT2D eigenvalue weighted by molar-refractivity contribution is 0.105. The molecule has 0 bridgehead atoms. The molecule has 0 saturated carbocycles. The average molecular weight is 260 g/mol. The van der Waals surface area contributed by atoms with E-state index in [1.54, 1.807) is 36.4 Å². The van der Waals surface area contributed by atoms with Crippen molar-refractivity contribution < 1.29 is 19.2 Å². The summed E-state index contributed by atoms with van der Waals surface area (Å²) in [6, 6.07) is 13.2. The first-order valence-electron chi connectivity index (χ1n) is 5.93. The first-order valence-corrected chi connectivity index (χ1v) is 5.93. The minimum atomic E-state index is -1.49. The Morgan fingerprint density at radius 2 is 1.79 bits per heavy atom. The molecule has 5 heteroatoms. The van der Waals surface area contributed by atoms with Gasteiger partial charge < -0.3 is 14.8 Å². The molecule has 0 fully saturated rings. The van der Waals surface area contributed by atoms with Crippen molar-refractivity contribution in [1.82, 2.24) is 0 Å². The van der Waals surface area contributed by atoms with Crippen molar-refractivity contribution in [3.05, 3.63) is 65.5 Å². The van der Waals surface area contributed by atoms with E-state index in [1.807, 2.05) is 6.07 Å². The number of hydrogen-bond donors (Lipinski definition) is 2. The third kappa shape index (κ3) is 3.89. The molecule has 0 aliphatic heterocycles. The van der Waals surface area contributed by atoms with E-state index >= 15 is 0 Å². The van der Waals surface area contributed by atoms with Crippen molar-refractivity contribution in [2.45, 2.75) is 13.2 Å². The zero-order valence-electron chi connectivity index (χ0n) is 10.3.